The van der Waals surface area contributed by atoms with Crippen molar-refractivity contribution in [3.8, 4) is 78.3 Å². The van der Waals surface area contributed by atoms with Crippen LogP contribution >= 0.6 is 0 Å². The Balaban J connectivity index is 0.902. The molecule has 2 aliphatic rings. The molecule has 446 valence electrons. The molecule has 0 fully saturated rings. The topological polar surface area (TPSA) is 32.5 Å². The summed E-state index contributed by atoms with van der Waals surface area (Å²) < 4.78 is 4.98. The van der Waals surface area contributed by atoms with Crippen LogP contribution in [0, 0.1) is 0 Å². The van der Waals surface area contributed by atoms with Crippen LogP contribution < -0.4 is 14.7 Å². The second-order valence-electron chi connectivity index (χ2n) is 25.9. The van der Waals surface area contributed by atoms with E-state index >= 15 is 0 Å². The van der Waals surface area contributed by atoms with Crippen LogP contribution in [0.15, 0.2) is 322 Å². The number of rotatable bonds is 10. The van der Waals surface area contributed by atoms with Crippen molar-refractivity contribution in [2.24, 2.45) is 0 Å². The van der Waals surface area contributed by atoms with Gasteiger partial charge in [-0.1, -0.05) is 263 Å². The molecule has 0 saturated carbocycles. The second kappa shape index (κ2) is 21.9. The molecular weight excluding hydrogens is 1140 g/mol. The predicted octanol–water partition coefficient (Wildman–Crippen LogP) is 23.6. The van der Waals surface area contributed by atoms with E-state index in [0.29, 0.717) is 6.67 Å². The van der Waals surface area contributed by atoms with Gasteiger partial charge in [0.15, 0.2) is 0 Å². The van der Waals surface area contributed by atoms with Gasteiger partial charge in [0.25, 0.3) is 0 Å². The first-order valence-electron chi connectivity index (χ1n) is 32.5. The third kappa shape index (κ3) is 8.74. The van der Waals surface area contributed by atoms with E-state index < -0.39 is 0 Å². The molecule has 13 aromatic carbocycles. The fourth-order valence-electron chi connectivity index (χ4n) is 15.2. The molecule has 0 saturated heterocycles. The number of hydrogen-bond donors (Lipinski definition) is 0. The number of pyridine rings is 1. The van der Waals surface area contributed by atoms with Gasteiger partial charge in [0.1, 0.15) is 12.5 Å². The lowest BCUT2D eigenvalue weighted by atomic mass is 9.88. The van der Waals surface area contributed by atoms with Crippen molar-refractivity contribution in [2.45, 2.75) is 26.2 Å². The zero-order valence-corrected chi connectivity index (χ0v) is 52.5. The van der Waals surface area contributed by atoms with E-state index in [1.807, 2.05) is 6.20 Å². The molecule has 16 aromatic rings. The lowest BCUT2D eigenvalue weighted by molar-refractivity contribution is 0.588. The van der Waals surface area contributed by atoms with E-state index in [0.717, 1.165) is 84.3 Å². The summed E-state index contributed by atoms with van der Waals surface area (Å²) in [6.45, 7) is 7.45. The van der Waals surface area contributed by atoms with Gasteiger partial charge in [-0.2, -0.15) is 0 Å². The molecule has 94 heavy (non-hydrogen) atoms. The van der Waals surface area contributed by atoms with Crippen LogP contribution in [0.3, 0.4) is 0 Å². The minimum absolute atomic E-state index is 0.136. The number of fused-ring (bicyclic) bond motifs is 13. The zero-order chi connectivity index (χ0) is 62.6. The summed E-state index contributed by atoms with van der Waals surface area (Å²) in [6, 6.07) is 116. The summed E-state index contributed by atoms with van der Waals surface area (Å²) in [5, 5.41) is 4.81. The third-order valence-electron chi connectivity index (χ3n) is 19.5. The fraction of sp³-hybridized carbons (Fsp3) is 0.0568. The third-order valence-corrected chi connectivity index (χ3v) is 19.5. The first-order valence-corrected chi connectivity index (χ1v) is 32.5. The van der Waals surface area contributed by atoms with Crippen LogP contribution in [0.1, 0.15) is 26.3 Å². The SMILES string of the molecule is CC(C)(C)c1ccnc(-n2c3cc(N(c4cccc(N5CN(c6c(-c7ccccc7)cccc6-c6ccccc6)c6ccccc65)c4)c4c(-c5ccccc5)cccc4-c4ccccc4)ccc3c3c4c(ccc32)-n2c3ccccc3c3cccc(c32)-c2ccccc2-4)c1. The molecule has 0 atom stereocenters. The lowest BCUT2D eigenvalue weighted by Crippen LogP contribution is -2.25. The molecule has 0 N–H and O–H groups in total. The van der Waals surface area contributed by atoms with E-state index in [1.54, 1.807) is 0 Å². The summed E-state index contributed by atoms with van der Waals surface area (Å²) >= 11 is 0. The summed E-state index contributed by atoms with van der Waals surface area (Å²) in [7, 11) is 0. The van der Waals surface area contributed by atoms with E-state index in [1.165, 1.54) is 83.0 Å². The highest BCUT2D eigenvalue weighted by atomic mass is 15.4. The van der Waals surface area contributed by atoms with E-state index in [4.69, 9.17) is 4.98 Å². The molecule has 6 heteroatoms. The Kier molecular flexibility index (Phi) is 12.8. The quantitative estimate of drug-likeness (QED) is 0.137. The Morgan fingerprint density at radius 2 is 0.883 bits per heavy atom. The standard InChI is InChI=1S/C88H64N6/c1-88(2,3)62-52-53-89-82(54-62)93-79-50-51-80-83(72-38-17-16-36-70(72)73-43-25-44-74-71-37-18-19-45-76(71)94(80)87(73)74)84(79)75-49-48-65(56-81(75)93)92(86-68(60-30-12-6-13-31-60)41-24-42-69(86)61-32-14-7-15-33-61)64-35-22-34-63(55-64)90-57-91(78-47-21-20-46-77(78)90)85-66(58-26-8-4-9-27-58)39-23-40-67(85)59-28-10-5-11-29-59/h4-56H,57H2,1-3H3. The molecule has 0 bridgehead atoms. The van der Waals surface area contributed by atoms with E-state index in [9.17, 15) is 0 Å². The van der Waals surface area contributed by atoms with Crippen molar-refractivity contribution in [3.63, 3.8) is 0 Å². The van der Waals surface area contributed by atoms with Gasteiger partial charge in [0, 0.05) is 78.2 Å². The highest BCUT2D eigenvalue weighted by molar-refractivity contribution is 6.23. The van der Waals surface area contributed by atoms with Crippen LogP contribution in [0.25, 0.3) is 122 Å². The molecule has 0 radical (unpaired) electrons. The van der Waals surface area contributed by atoms with Crippen molar-refractivity contribution in [1.29, 1.82) is 0 Å². The Hall–Kier alpha value is -12.0. The van der Waals surface area contributed by atoms with Crippen LogP contribution in [0.2, 0.25) is 0 Å². The molecule has 3 aromatic heterocycles. The van der Waals surface area contributed by atoms with Gasteiger partial charge in [-0.15, -0.1) is 0 Å². The van der Waals surface area contributed by atoms with Gasteiger partial charge >= 0.3 is 0 Å². The van der Waals surface area contributed by atoms with Gasteiger partial charge in [-0.05, 0) is 117 Å². The van der Waals surface area contributed by atoms with Gasteiger partial charge in [-0.25, -0.2) is 4.98 Å². The Morgan fingerprint density at radius 3 is 1.55 bits per heavy atom. The van der Waals surface area contributed by atoms with Gasteiger partial charge in [0.2, 0.25) is 0 Å². The summed E-state index contributed by atoms with van der Waals surface area (Å²) in [4.78, 5) is 12.9. The largest absolute Gasteiger partial charge is 0.321 e. The Morgan fingerprint density at radius 1 is 0.351 bits per heavy atom. The first-order chi connectivity index (χ1) is 46.3. The number of aromatic nitrogens is 3. The van der Waals surface area contributed by atoms with Crippen molar-refractivity contribution >= 4 is 83.4 Å². The molecule has 0 unspecified atom stereocenters. The number of para-hydroxylation sites is 6. The number of nitrogens with zero attached hydrogens (tertiary/aromatic N) is 6. The van der Waals surface area contributed by atoms with Gasteiger partial charge in [-0.3, -0.25) is 4.57 Å². The molecule has 18 rings (SSSR count). The normalized spacial score (nSPS) is 12.5. The summed E-state index contributed by atoms with van der Waals surface area (Å²) in [5.41, 5.74) is 28.4. The highest BCUT2D eigenvalue weighted by Gasteiger charge is 2.34. The Bertz CT molecular complexity index is 5530. The summed E-state index contributed by atoms with van der Waals surface area (Å²) in [6.07, 6.45) is 2.00. The maximum Gasteiger partial charge on any atom is 0.137 e. The second-order valence-corrected chi connectivity index (χ2v) is 25.9. The van der Waals surface area contributed by atoms with Crippen LogP contribution in [-0.4, -0.2) is 20.8 Å². The average Bonchev–Trinajstić information content (AvgIpc) is 1.53. The molecule has 2 aliphatic heterocycles. The highest BCUT2D eigenvalue weighted by Crippen LogP contribution is 2.55. The molecule has 0 amide bonds. The smallest absolute Gasteiger partial charge is 0.137 e. The molecule has 5 heterocycles. The van der Waals surface area contributed by atoms with E-state index in [-0.39, 0.29) is 5.41 Å². The number of hydrogen-bond acceptors (Lipinski definition) is 4. The van der Waals surface area contributed by atoms with Crippen LogP contribution in [-0.2, 0) is 5.41 Å². The monoisotopic (exact) mass is 1200 g/mol. The molecular formula is C88H64N6. The minimum Gasteiger partial charge on any atom is -0.321 e. The van der Waals surface area contributed by atoms with Crippen molar-refractivity contribution in [3.05, 3.63) is 327 Å². The maximum absolute atomic E-state index is 5.35. The Labute approximate surface area is 547 Å². The van der Waals surface area contributed by atoms with Crippen LogP contribution in [0.5, 0.6) is 0 Å². The first kappa shape index (κ1) is 54.9. The number of anilines is 7. The maximum atomic E-state index is 5.35. The van der Waals surface area contributed by atoms with Crippen molar-refractivity contribution in [1.82, 2.24) is 14.1 Å². The van der Waals surface area contributed by atoms with Gasteiger partial charge in [0.05, 0.1) is 50.5 Å². The van der Waals surface area contributed by atoms with Crippen molar-refractivity contribution in [2.75, 3.05) is 21.4 Å². The van der Waals surface area contributed by atoms with Gasteiger partial charge < -0.3 is 19.3 Å². The van der Waals surface area contributed by atoms with Crippen molar-refractivity contribution < 1.29 is 0 Å². The number of benzene rings is 13. The average molecular weight is 1210 g/mol. The summed E-state index contributed by atoms with van der Waals surface area (Å²) in [5.74, 6) is 0.869. The zero-order valence-electron chi connectivity index (χ0n) is 52.5. The predicted molar refractivity (Wildman–Crippen MR) is 395 cm³/mol. The molecule has 6 nitrogen and oxygen atoms in total. The minimum atomic E-state index is -0.136. The fourth-order valence-corrected chi connectivity index (χ4v) is 15.2. The van der Waals surface area contributed by atoms with Crippen LogP contribution in [0.4, 0.5) is 39.8 Å². The molecule has 0 aliphatic carbocycles. The lowest BCUT2D eigenvalue weighted by Gasteiger charge is -2.32. The van der Waals surface area contributed by atoms with E-state index in [2.05, 4.69) is 360 Å². The molecule has 0 spiro atoms.